The van der Waals surface area contributed by atoms with Crippen molar-refractivity contribution in [2.45, 2.75) is 35.6 Å². The van der Waals surface area contributed by atoms with Crippen molar-refractivity contribution in [3.63, 3.8) is 0 Å². The van der Waals surface area contributed by atoms with Gasteiger partial charge in [-0.3, -0.25) is 0 Å². The lowest BCUT2D eigenvalue weighted by Crippen LogP contribution is -1.99. The van der Waals surface area contributed by atoms with E-state index in [4.69, 9.17) is 5.73 Å². The van der Waals surface area contributed by atoms with Crippen LogP contribution in [0.5, 0.6) is 0 Å². The summed E-state index contributed by atoms with van der Waals surface area (Å²) in [7, 11) is 0. The Hall–Kier alpha value is -1.32. The van der Waals surface area contributed by atoms with E-state index in [1.165, 1.54) is 41.8 Å². The van der Waals surface area contributed by atoms with E-state index in [0.29, 0.717) is 11.4 Å². The van der Waals surface area contributed by atoms with Gasteiger partial charge in [0.15, 0.2) is 0 Å². The molecule has 3 heteroatoms. The highest BCUT2D eigenvalue weighted by Gasteiger charge is 2.13. The van der Waals surface area contributed by atoms with Crippen LogP contribution in [0.2, 0.25) is 0 Å². The lowest BCUT2D eigenvalue weighted by molar-refractivity contribution is 0.597. The highest BCUT2D eigenvalue weighted by molar-refractivity contribution is 7.99. The second kappa shape index (κ2) is 5.35. The Morgan fingerprint density at radius 1 is 1.11 bits per heavy atom. The van der Waals surface area contributed by atoms with Crippen LogP contribution in [-0.2, 0) is 19.4 Å². The molecule has 3 rings (SSSR count). The number of nitrogens with two attached hydrogens (primary N) is 1. The van der Waals surface area contributed by atoms with E-state index < -0.39 is 0 Å². The molecule has 0 bridgehead atoms. The second-order valence-corrected chi connectivity index (χ2v) is 5.90. The van der Waals surface area contributed by atoms with E-state index >= 15 is 0 Å². The molecule has 2 aromatic rings. The average molecular weight is 273 g/mol. The Morgan fingerprint density at radius 3 is 2.79 bits per heavy atom. The first-order valence-corrected chi connectivity index (χ1v) is 7.36. The van der Waals surface area contributed by atoms with Gasteiger partial charge in [-0.2, -0.15) is 0 Å². The van der Waals surface area contributed by atoms with Gasteiger partial charge in [0.05, 0.1) is 4.90 Å². The van der Waals surface area contributed by atoms with E-state index in [-0.39, 0.29) is 5.82 Å². The summed E-state index contributed by atoms with van der Waals surface area (Å²) in [4.78, 5) is 1.75. The highest BCUT2D eigenvalue weighted by Crippen LogP contribution is 2.35. The molecule has 2 aromatic carbocycles. The molecule has 1 nitrogen and oxygen atoms in total. The van der Waals surface area contributed by atoms with Crippen molar-refractivity contribution in [2.24, 2.45) is 5.73 Å². The molecule has 0 heterocycles. The SMILES string of the molecule is NCc1cccc(F)c1Sc1ccc2c(c1)CCC2. The van der Waals surface area contributed by atoms with Gasteiger partial charge in [-0.15, -0.1) is 0 Å². The maximum Gasteiger partial charge on any atom is 0.137 e. The van der Waals surface area contributed by atoms with Crippen LogP contribution in [0.4, 0.5) is 4.39 Å². The minimum Gasteiger partial charge on any atom is -0.326 e. The van der Waals surface area contributed by atoms with E-state index in [1.807, 2.05) is 6.07 Å². The first kappa shape index (κ1) is 12.7. The lowest BCUT2D eigenvalue weighted by atomic mass is 10.1. The van der Waals surface area contributed by atoms with Crippen LogP contribution < -0.4 is 5.73 Å². The normalized spacial score (nSPS) is 13.6. The average Bonchev–Trinajstić information content (AvgIpc) is 2.88. The molecule has 2 N–H and O–H groups in total. The molecule has 0 amide bonds. The van der Waals surface area contributed by atoms with Crippen molar-refractivity contribution in [3.8, 4) is 0 Å². The Morgan fingerprint density at radius 2 is 1.95 bits per heavy atom. The summed E-state index contributed by atoms with van der Waals surface area (Å²) in [5.74, 6) is -0.187. The van der Waals surface area contributed by atoms with Gasteiger partial charge in [-0.25, -0.2) is 4.39 Å². The molecule has 0 fully saturated rings. The standard InChI is InChI=1S/C16H16FNS/c17-15-6-2-5-13(10-18)16(15)19-14-8-7-11-3-1-4-12(11)9-14/h2,5-9H,1,3-4,10,18H2. The number of fused-ring (bicyclic) bond motifs is 1. The zero-order valence-electron chi connectivity index (χ0n) is 10.7. The van der Waals surface area contributed by atoms with Gasteiger partial charge in [0.25, 0.3) is 0 Å². The maximum absolute atomic E-state index is 13.9. The minimum atomic E-state index is -0.187. The molecule has 0 aliphatic heterocycles. The quantitative estimate of drug-likeness (QED) is 0.917. The van der Waals surface area contributed by atoms with Crippen molar-refractivity contribution in [1.82, 2.24) is 0 Å². The van der Waals surface area contributed by atoms with Gasteiger partial charge in [-0.05, 0) is 54.2 Å². The minimum absolute atomic E-state index is 0.187. The zero-order valence-corrected chi connectivity index (χ0v) is 11.5. The number of hydrogen-bond acceptors (Lipinski definition) is 2. The fourth-order valence-corrected chi connectivity index (χ4v) is 3.58. The fourth-order valence-electron chi connectivity index (χ4n) is 2.56. The molecular weight excluding hydrogens is 257 g/mol. The van der Waals surface area contributed by atoms with Crippen molar-refractivity contribution in [3.05, 3.63) is 58.9 Å². The summed E-state index contributed by atoms with van der Waals surface area (Å²) in [6.07, 6.45) is 3.55. The summed E-state index contributed by atoms with van der Waals surface area (Å²) in [6, 6.07) is 11.5. The van der Waals surface area contributed by atoms with E-state index in [2.05, 4.69) is 18.2 Å². The zero-order chi connectivity index (χ0) is 13.2. The number of rotatable bonds is 3. The Labute approximate surface area is 117 Å². The monoisotopic (exact) mass is 273 g/mol. The maximum atomic E-state index is 13.9. The molecule has 0 radical (unpaired) electrons. The van der Waals surface area contributed by atoms with E-state index in [1.54, 1.807) is 6.07 Å². The molecule has 0 aromatic heterocycles. The third kappa shape index (κ3) is 2.53. The molecule has 1 aliphatic carbocycles. The number of hydrogen-bond donors (Lipinski definition) is 1. The van der Waals surface area contributed by atoms with Crippen molar-refractivity contribution >= 4 is 11.8 Å². The third-order valence-corrected chi connectivity index (χ3v) is 4.71. The predicted octanol–water partition coefficient (Wildman–Crippen LogP) is 3.92. The molecule has 98 valence electrons. The third-order valence-electron chi connectivity index (χ3n) is 3.56. The second-order valence-electron chi connectivity index (χ2n) is 4.82. The summed E-state index contributed by atoms with van der Waals surface area (Å²) in [6.45, 7) is 0.366. The Balaban J connectivity index is 1.93. The van der Waals surface area contributed by atoms with Gasteiger partial charge >= 0.3 is 0 Å². The predicted molar refractivity (Wildman–Crippen MR) is 76.9 cm³/mol. The molecular formula is C16H16FNS. The van der Waals surface area contributed by atoms with Gasteiger partial charge in [0.1, 0.15) is 5.82 Å². The summed E-state index contributed by atoms with van der Waals surface area (Å²) >= 11 is 1.48. The van der Waals surface area contributed by atoms with E-state index in [9.17, 15) is 4.39 Å². The van der Waals surface area contributed by atoms with Crippen LogP contribution in [-0.4, -0.2) is 0 Å². The lowest BCUT2D eigenvalue weighted by Gasteiger charge is -2.09. The molecule has 0 spiro atoms. The smallest absolute Gasteiger partial charge is 0.137 e. The van der Waals surface area contributed by atoms with Crippen molar-refractivity contribution in [2.75, 3.05) is 0 Å². The summed E-state index contributed by atoms with van der Waals surface area (Å²) in [5.41, 5.74) is 9.40. The van der Waals surface area contributed by atoms with Crippen molar-refractivity contribution in [1.29, 1.82) is 0 Å². The number of aryl methyl sites for hydroxylation is 2. The molecule has 0 saturated carbocycles. The summed E-state index contributed by atoms with van der Waals surface area (Å²) < 4.78 is 13.9. The molecule has 19 heavy (non-hydrogen) atoms. The largest absolute Gasteiger partial charge is 0.326 e. The molecule has 0 unspecified atom stereocenters. The Kier molecular flexibility index (Phi) is 3.58. The number of benzene rings is 2. The first-order chi connectivity index (χ1) is 9.28. The van der Waals surface area contributed by atoms with Crippen LogP contribution in [0.25, 0.3) is 0 Å². The highest BCUT2D eigenvalue weighted by atomic mass is 32.2. The van der Waals surface area contributed by atoms with Crippen LogP contribution in [0.15, 0.2) is 46.2 Å². The van der Waals surface area contributed by atoms with Gasteiger partial charge in [-0.1, -0.05) is 30.0 Å². The van der Waals surface area contributed by atoms with Crippen LogP contribution in [0.3, 0.4) is 0 Å². The van der Waals surface area contributed by atoms with Crippen molar-refractivity contribution < 1.29 is 4.39 Å². The fraction of sp³-hybridized carbons (Fsp3) is 0.250. The Bertz CT molecular complexity index is 610. The molecule has 0 atom stereocenters. The van der Waals surface area contributed by atoms with Crippen LogP contribution >= 0.6 is 11.8 Å². The number of halogens is 1. The van der Waals surface area contributed by atoms with Gasteiger partial charge < -0.3 is 5.73 Å². The molecule has 1 aliphatic rings. The molecule has 0 saturated heterocycles. The van der Waals surface area contributed by atoms with Gasteiger partial charge in [0, 0.05) is 11.4 Å². The van der Waals surface area contributed by atoms with Crippen LogP contribution in [0.1, 0.15) is 23.1 Å². The topological polar surface area (TPSA) is 26.0 Å². The summed E-state index contributed by atoms with van der Waals surface area (Å²) in [5, 5.41) is 0. The first-order valence-electron chi connectivity index (χ1n) is 6.55. The van der Waals surface area contributed by atoms with Crippen LogP contribution in [0, 0.1) is 5.82 Å². The van der Waals surface area contributed by atoms with Gasteiger partial charge in [0.2, 0.25) is 0 Å². The van der Waals surface area contributed by atoms with E-state index in [0.717, 1.165) is 16.9 Å².